The lowest BCUT2D eigenvalue weighted by Gasteiger charge is -2.26. The zero-order valence-electron chi connectivity index (χ0n) is 13.9. The van der Waals surface area contributed by atoms with Gasteiger partial charge in [-0.1, -0.05) is 36.0 Å². The molecule has 2 aliphatic carbocycles. The molecule has 0 unspecified atom stereocenters. The highest BCUT2D eigenvalue weighted by molar-refractivity contribution is 7.99. The van der Waals surface area contributed by atoms with Crippen LogP contribution in [0.25, 0.3) is 0 Å². The summed E-state index contributed by atoms with van der Waals surface area (Å²) in [5.74, 6) is 1.41. The molecule has 1 fully saturated rings. The first-order chi connectivity index (χ1) is 11.7. The van der Waals surface area contributed by atoms with Crippen LogP contribution < -0.4 is 5.32 Å². The van der Waals surface area contributed by atoms with Crippen LogP contribution in [0.15, 0.2) is 29.4 Å². The Morgan fingerprint density at radius 2 is 2.12 bits per heavy atom. The Hall–Kier alpha value is -1.82. The second-order valence-electron chi connectivity index (χ2n) is 6.63. The minimum atomic E-state index is 0.0738. The SMILES string of the molecule is Cc1nnc(SCC(=O)N[C@@H]2CCCc3ccccc32)n1C1CC1. The van der Waals surface area contributed by atoms with E-state index >= 15 is 0 Å². The van der Waals surface area contributed by atoms with Crippen molar-refractivity contribution < 1.29 is 4.79 Å². The number of carbonyl (C=O) groups is 1. The van der Waals surface area contributed by atoms with E-state index < -0.39 is 0 Å². The molecule has 24 heavy (non-hydrogen) atoms. The lowest BCUT2D eigenvalue weighted by molar-refractivity contribution is -0.119. The number of nitrogens with one attached hydrogen (secondary N) is 1. The Labute approximate surface area is 146 Å². The molecule has 1 atom stereocenters. The molecule has 1 heterocycles. The topological polar surface area (TPSA) is 59.8 Å². The van der Waals surface area contributed by atoms with Crippen molar-refractivity contribution in [2.75, 3.05) is 5.75 Å². The van der Waals surface area contributed by atoms with Crippen LogP contribution in [-0.2, 0) is 11.2 Å². The predicted molar refractivity (Wildman–Crippen MR) is 94.0 cm³/mol. The number of aromatic nitrogens is 3. The van der Waals surface area contributed by atoms with Gasteiger partial charge in [0.05, 0.1) is 11.8 Å². The van der Waals surface area contributed by atoms with Crippen LogP contribution in [-0.4, -0.2) is 26.4 Å². The van der Waals surface area contributed by atoms with Crippen molar-refractivity contribution in [3.05, 3.63) is 41.2 Å². The normalized spacial score (nSPS) is 19.8. The number of benzene rings is 1. The maximum absolute atomic E-state index is 12.4. The van der Waals surface area contributed by atoms with Gasteiger partial charge in [-0.2, -0.15) is 0 Å². The van der Waals surface area contributed by atoms with Gasteiger partial charge in [-0.3, -0.25) is 4.79 Å². The number of thioether (sulfide) groups is 1. The van der Waals surface area contributed by atoms with Gasteiger partial charge in [0.2, 0.25) is 5.91 Å². The zero-order valence-corrected chi connectivity index (χ0v) is 14.7. The average Bonchev–Trinajstić information content (AvgIpc) is 3.36. The number of fused-ring (bicyclic) bond motifs is 1. The second kappa shape index (κ2) is 6.59. The first-order valence-corrected chi connectivity index (χ1v) is 9.62. The molecule has 0 saturated heterocycles. The molecule has 5 nitrogen and oxygen atoms in total. The third-order valence-corrected chi connectivity index (χ3v) is 5.73. The van der Waals surface area contributed by atoms with E-state index in [2.05, 4.69) is 44.3 Å². The van der Waals surface area contributed by atoms with Gasteiger partial charge < -0.3 is 9.88 Å². The third-order valence-electron chi connectivity index (χ3n) is 4.78. The highest BCUT2D eigenvalue weighted by Crippen LogP contribution is 2.38. The molecule has 0 spiro atoms. The lowest BCUT2D eigenvalue weighted by Crippen LogP contribution is -2.32. The molecule has 2 aliphatic rings. The van der Waals surface area contributed by atoms with Gasteiger partial charge in [0.15, 0.2) is 5.16 Å². The van der Waals surface area contributed by atoms with Crippen LogP contribution in [0.3, 0.4) is 0 Å². The molecule has 0 radical (unpaired) electrons. The van der Waals surface area contributed by atoms with Gasteiger partial charge >= 0.3 is 0 Å². The van der Waals surface area contributed by atoms with Crippen molar-refractivity contribution in [2.24, 2.45) is 0 Å². The molecule has 1 aromatic carbocycles. The third kappa shape index (κ3) is 3.20. The number of nitrogens with zero attached hydrogens (tertiary/aromatic N) is 3. The van der Waals surface area contributed by atoms with Crippen molar-refractivity contribution in [2.45, 2.75) is 56.3 Å². The summed E-state index contributed by atoms with van der Waals surface area (Å²) in [5.41, 5.74) is 2.64. The Bertz CT molecular complexity index is 753. The Kier molecular flexibility index (Phi) is 4.31. The van der Waals surface area contributed by atoms with Gasteiger partial charge in [-0.15, -0.1) is 10.2 Å². The summed E-state index contributed by atoms with van der Waals surface area (Å²) in [6.45, 7) is 1.98. The number of amides is 1. The molecular formula is C18H22N4OS. The largest absolute Gasteiger partial charge is 0.349 e. The first-order valence-electron chi connectivity index (χ1n) is 8.64. The molecule has 0 aliphatic heterocycles. The molecular weight excluding hydrogens is 320 g/mol. The predicted octanol–water partition coefficient (Wildman–Crippen LogP) is 3.21. The molecule has 1 amide bonds. The maximum Gasteiger partial charge on any atom is 0.230 e. The maximum atomic E-state index is 12.4. The fourth-order valence-corrected chi connectivity index (χ4v) is 4.33. The van der Waals surface area contributed by atoms with E-state index in [0.717, 1.165) is 30.2 Å². The Morgan fingerprint density at radius 1 is 1.29 bits per heavy atom. The molecule has 4 rings (SSSR count). The second-order valence-corrected chi connectivity index (χ2v) is 7.57. The van der Waals surface area contributed by atoms with Crippen molar-refractivity contribution in [3.63, 3.8) is 0 Å². The van der Waals surface area contributed by atoms with Crippen LogP contribution in [0.1, 0.15) is 54.7 Å². The molecule has 6 heteroatoms. The number of carbonyl (C=O) groups excluding carboxylic acids is 1. The van der Waals surface area contributed by atoms with Crippen molar-refractivity contribution in [1.29, 1.82) is 0 Å². The van der Waals surface area contributed by atoms with E-state index in [0.29, 0.717) is 11.8 Å². The molecule has 1 saturated carbocycles. The van der Waals surface area contributed by atoms with Gasteiger partial charge in [0.25, 0.3) is 0 Å². The van der Waals surface area contributed by atoms with Crippen LogP contribution in [0, 0.1) is 6.92 Å². The number of rotatable bonds is 5. The van der Waals surface area contributed by atoms with Gasteiger partial charge in [0, 0.05) is 6.04 Å². The minimum absolute atomic E-state index is 0.0738. The number of hydrogen-bond donors (Lipinski definition) is 1. The number of aryl methyl sites for hydroxylation is 2. The van der Waals surface area contributed by atoms with E-state index in [1.165, 1.54) is 35.7 Å². The summed E-state index contributed by atoms with van der Waals surface area (Å²) in [7, 11) is 0. The van der Waals surface area contributed by atoms with Gasteiger partial charge in [-0.25, -0.2) is 0 Å². The summed E-state index contributed by atoms with van der Waals surface area (Å²) < 4.78 is 2.17. The van der Waals surface area contributed by atoms with Crippen LogP contribution in [0.5, 0.6) is 0 Å². The average molecular weight is 342 g/mol. The summed E-state index contributed by atoms with van der Waals surface area (Å²) in [6, 6.07) is 9.12. The molecule has 0 bridgehead atoms. The summed E-state index contributed by atoms with van der Waals surface area (Å²) >= 11 is 1.49. The van der Waals surface area contributed by atoms with Crippen LogP contribution >= 0.6 is 11.8 Å². The Morgan fingerprint density at radius 3 is 2.96 bits per heavy atom. The Balaban J connectivity index is 1.38. The minimum Gasteiger partial charge on any atom is -0.349 e. The smallest absolute Gasteiger partial charge is 0.230 e. The van der Waals surface area contributed by atoms with E-state index in [-0.39, 0.29) is 11.9 Å². The molecule has 2 aromatic rings. The van der Waals surface area contributed by atoms with Crippen molar-refractivity contribution in [1.82, 2.24) is 20.1 Å². The highest BCUT2D eigenvalue weighted by Gasteiger charge is 2.28. The van der Waals surface area contributed by atoms with Gasteiger partial charge in [-0.05, 0) is 50.2 Å². The standard InChI is InChI=1S/C18H22N4OS/c1-12-20-21-18(22(12)14-9-10-14)24-11-17(23)19-16-8-4-6-13-5-2-3-7-15(13)16/h2-3,5,7,14,16H,4,6,8-11H2,1H3,(H,19,23)/t16-/m1/s1. The van der Waals surface area contributed by atoms with E-state index in [4.69, 9.17) is 0 Å². The van der Waals surface area contributed by atoms with Crippen molar-refractivity contribution in [3.8, 4) is 0 Å². The zero-order chi connectivity index (χ0) is 16.5. The quantitative estimate of drug-likeness (QED) is 0.848. The molecule has 1 aromatic heterocycles. The van der Waals surface area contributed by atoms with E-state index in [1.807, 2.05) is 6.92 Å². The highest BCUT2D eigenvalue weighted by atomic mass is 32.2. The van der Waals surface area contributed by atoms with Crippen LogP contribution in [0.4, 0.5) is 0 Å². The van der Waals surface area contributed by atoms with Crippen LogP contribution in [0.2, 0.25) is 0 Å². The molecule has 126 valence electrons. The van der Waals surface area contributed by atoms with Gasteiger partial charge in [0.1, 0.15) is 5.82 Å². The first kappa shape index (κ1) is 15.7. The summed E-state index contributed by atoms with van der Waals surface area (Å²) in [6.07, 6.45) is 5.64. The fraction of sp³-hybridized carbons (Fsp3) is 0.500. The van der Waals surface area contributed by atoms with E-state index in [9.17, 15) is 4.79 Å². The lowest BCUT2D eigenvalue weighted by atomic mass is 9.88. The number of hydrogen-bond acceptors (Lipinski definition) is 4. The summed E-state index contributed by atoms with van der Waals surface area (Å²) in [4.78, 5) is 12.4. The fourth-order valence-electron chi connectivity index (χ4n) is 3.47. The van der Waals surface area contributed by atoms with E-state index in [1.54, 1.807) is 0 Å². The monoisotopic (exact) mass is 342 g/mol. The van der Waals surface area contributed by atoms with Crippen molar-refractivity contribution >= 4 is 17.7 Å². The summed E-state index contributed by atoms with van der Waals surface area (Å²) in [5, 5.41) is 12.5. The molecule has 1 N–H and O–H groups in total.